The molecule has 4 atom stereocenters. The predicted molar refractivity (Wildman–Crippen MR) is 140 cm³/mol. The van der Waals surface area contributed by atoms with Crippen molar-refractivity contribution in [1.29, 1.82) is 0 Å². The lowest BCUT2D eigenvalue weighted by Crippen LogP contribution is -2.54. The number of amides is 3. The fourth-order valence-electron chi connectivity index (χ4n) is 5.06. The highest BCUT2D eigenvalue weighted by molar-refractivity contribution is 5.93. The third-order valence-electron chi connectivity index (χ3n) is 7.00. The summed E-state index contributed by atoms with van der Waals surface area (Å²) in [6.45, 7) is 1.51. The van der Waals surface area contributed by atoms with Crippen molar-refractivity contribution < 1.29 is 23.2 Å². The van der Waals surface area contributed by atoms with Gasteiger partial charge >= 0.3 is 0 Å². The molecule has 3 aromatic carbocycles. The molecule has 2 N–H and O–H groups in total. The molecule has 0 saturated carbocycles. The predicted octanol–water partition coefficient (Wildman–Crippen LogP) is 4.27. The number of hydrogen-bond donors (Lipinski definition) is 2. The van der Waals surface area contributed by atoms with Gasteiger partial charge in [0.2, 0.25) is 17.7 Å². The number of likely N-dealkylation sites (N-methyl/N-ethyl adjacent to an activating group) is 1. The molecule has 198 valence electrons. The number of likely N-dealkylation sites (tertiary alicyclic amines) is 1. The number of rotatable bonds is 7. The van der Waals surface area contributed by atoms with Crippen molar-refractivity contribution in [2.45, 2.75) is 50.2 Å². The second-order valence-electron chi connectivity index (χ2n) is 9.70. The van der Waals surface area contributed by atoms with Crippen molar-refractivity contribution in [3.05, 3.63) is 107 Å². The molecule has 0 radical (unpaired) electrons. The Bertz CT molecular complexity index is 1270. The van der Waals surface area contributed by atoms with E-state index < -0.39 is 35.5 Å². The first-order valence-corrected chi connectivity index (χ1v) is 12.6. The molecule has 1 aliphatic heterocycles. The minimum absolute atomic E-state index is 0.138. The van der Waals surface area contributed by atoms with Crippen molar-refractivity contribution >= 4 is 17.7 Å². The molecule has 0 aromatic heterocycles. The molecule has 0 spiro atoms. The summed E-state index contributed by atoms with van der Waals surface area (Å²) < 4.78 is 26.9. The van der Waals surface area contributed by atoms with Crippen LogP contribution in [0.15, 0.2) is 78.9 Å². The van der Waals surface area contributed by atoms with Gasteiger partial charge < -0.3 is 15.5 Å². The lowest BCUT2D eigenvalue weighted by Gasteiger charge is -2.30. The number of benzene rings is 3. The molecular formula is C30H31F2N3O3. The zero-order valence-corrected chi connectivity index (χ0v) is 21.4. The Labute approximate surface area is 221 Å². The van der Waals surface area contributed by atoms with E-state index in [2.05, 4.69) is 10.6 Å². The molecular weight excluding hydrogens is 488 g/mol. The second-order valence-corrected chi connectivity index (χ2v) is 9.70. The van der Waals surface area contributed by atoms with Gasteiger partial charge in [0.05, 0.1) is 12.5 Å². The molecule has 6 nitrogen and oxygen atoms in total. The summed E-state index contributed by atoms with van der Waals surface area (Å²) >= 11 is 0. The molecule has 1 heterocycles. The monoisotopic (exact) mass is 519 g/mol. The van der Waals surface area contributed by atoms with Crippen LogP contribution in [0.4, 0.5) is 8.78 Å². The van der Waals surface area contributed by atoms with Crippen molar-refractivity contribution in [2.24, 2.45) is 0 Å². The maximum Gasteiger partial charge on any atom is 0.246 e. The van der Waals surface area contributed by atoms with Gasteiger partial charge in [0.25, 0.3) is 0 Å². The SMILES string of the molecule is C[C@H](NC(=O)Cc1cc(F)cc(F)c1)C(=O)N[C@@H]1C(=O)N(C)[C@H](c2ccccc2)CC[C@H]1c1ccccc1. The van der Waals surface area contributed by atoms with E-state index in [9.17, 15) is 23.2 Å². The van der Waals surface area contributed by atoms with Crippen molar-refractivity contribution in [1.82, 2.24) is 15.5 Å². The third-order valence-corrected chi connectivity index (χ3v) is 7.00. The second kappa shape index (κ2) is 12.0. The average molecular weight is 520 g/mol. The van der Waals surface area contributed by atoms with Gasteiger partial charge in [-0.05, 0) is 48.6 Å². The Kier molecular flexibility index (Phi) is 8.51. The van der Waals surface area contributed by atoms with E-state index in [1.54, 1.807) is 11.9 Å². The first kappa shape index (κ1) is 27.0. The fourth-order valence-corrected chi connectivity index (χ4v) is 5.06. The van der Waals surface area contributed by atoms with Crippen molar-refractivity contribution in [2.75, 3.05) is 7.05 Å². The topological polar surface area (TPSA) is 78.5 Å². The summed E-state index contributed by atoms with van der Waals surface area (Å²) in [7, 11) is 1.75. The molecule has 1 saturated heterocycles. The highest BCUT2D eigenvalue weighted by atomic mass is 19.1. The van der Waals surface area contributed by atoms with E-state index >= 15 is 0 Å². The Hall–Kier alpha value is -4.07. The minimum atomic E-state index is -0.969. The lowest BCUT2D eigenvalue weighted by molar-refractivity contribution is -0.137. The number of nitrogens with zero attached hydrogens (tertiary/aromatic N) is 1. The van der Waals surface area contributed by atoms with Crippen LogP contribution in [0.5, 0.6) is 0 Å². The number of hydrogen-bond acceptors (Lipinski definition) is 3. The van der Waals surface area contributed by atoms with Crippen LogP contribution in [-0.2, 0) is 20.8 Å². The summed E-state index contributed by atoms with van der Waals surface area (Å²) in [6, 6.07) is 20.3. The van der Waals surface area contributed by atoms with Gasteiger partial charge in [-0.25, -0.2) is 8.78 Å². The minimum Gasteiger partial charge on any atom is -0.344 e. The van der Waals surface area contributed by atoms with Crippen LogP contribution >= 0.6 is 0 Å². The molecule has 0 bridgehead atoms. The van der Waals surface area contributed by atoms with Crippen LogP contribution in [-0.4, -0.2) is 41.8 Å². The summed E-state index contributed by atoms with van der Waals surface area (Å²) in [4.78, 5) is 41.1. The van der Waals surface area contributed by atoms with Gasteiger partial charge in [-0.2, -0.15) is 0 Å². The van der Waals surface area contributed by atoms with Crippen LogP contribution in [0.2, 0.25) is 0 Å². The van der Waals surface area contributed by atoms with Gasteiger partial charge in [0, 0.05) is 19.0 Å². The number of carbonyl (C=O) groups is 3. The van der Waals surface area contributed by atoms with E-state index in [0.717, 1.165) is 29.3 Å². The molecule has 1 aliphatic rings. The summed E-state index contributed by atoms with van der Waals surface area (Å²) in [5.74, 6) is -3.12. The van der Waals surface area contributed by atoms with Crippen LogP contribution in [0.25, 0.3) is 0 Å². The molecule has 0 aliphatic carbocycles. The summed E-state index contributed by atoms with van der Waals surface area (Å²) in [5.41, 5.74) is 2.12. The van der Waals surface area contributed by atoms with Crippen LogP contribution in [0.1, 0.15) is 48.4 Å². The van der Waals surface area contributed by atoms with E-state index in [0.29, 0.717) is 12.8 Å². The zero-order valence-electron chi connectivity index (χ0n) is 21.4. The summed E-state index contributed by atoms with van der Waals surface area (Å²) in [6.07, 6.45) is 1.09. The van der Waals surface area contributed by atoms with E-state index in [4.69, 9.17) is 0 Å². The quantitative estimate of drug-likeness (QED) is 0.489. The highest BCUT2D eigenvalue weighted by Gasteiger charge is 2.39. The maximum atomic E-state index is 13.8. The molecule has 1 fully saturated rings. The molecule has 4 rings (SSSR count). The van der Waals surface area contributed by atoms with Crippen LogP contribution in [0.3, 0.4) is 0 Å². The standard InChI is InChI=1S/C30H31F2N3O3/c1-19(33-27(36)17-20-15-23(31)18-24(32)16-20)29(37)34-28-25(21-9-5-3-6-10-21)13-14-26(35(2)30(28)38)22-11-7-4-8-12-22/h3-12,15-16,18-19,25-26,28H,13-14,17H2,1-2H3,(H,33,36)(H,34,37)/t19-,25-,26-,28-/m0/s1. The molecule has 8 heteroatoms. The lowest BCUT2D eigenvalue weighted by atomic mass is 9.86. The Balaban J connectivity index is 1.51. The molecule has 0 unspecified atom stereocenters. The van der Waals surface area contributed by atoms with Crippen molar-refractivity contribution in [3.63, 3.8) is 0 Å². The normalized spacial score (nSPS) is 20.4. The van der Waals surface area contributed by atoms with E-state index in [1.807, 2.05) is 60.7 Å². The number of nitrogens with one attached hydrogen (secondary N) is 2. The average Bonchev–Trinajstić information content (AvgIpc) is 3.01. The smallest absolute Gasteiger partial charge is 0.246 e. The zero-order chi connectivity index (χ0) is 27.2. The van der Waals surface area contributed by atoms with Gasteiger partial charge in [-0.15, -0.1) is 0 Å². The third kappa shape index (κ3) is 6.43. The molecule has 3 amide bonds. The fraction of sp³-hybridized carbons (Fsp3) is 0.300. The first-order valence-electron chi connectivity index (χ1n) is 12.6. The van der Waals surface area contributed by atoms with Crippen LogP contribution < -0.4 is 10.6 Å². The van der Waals surface area contributed by atoms with Gasteiger partial charge in [0.1, 0.15) is 23.7 Å². The van der Waals surface area contributed by atoms with Gasteiger partial charge in [-0.1, -0.05) is 60.7 Å². The Morgan fingerprint density at radius 1 is 0.921 bits per heavy atom. The molecule has 38 heavy (non-hydrogen) atoms. The van der Waals surface area contributed by atoms with Gasteiger partial charge in [0.15, 0.2) is 0 Å². The van der Waals surface area contributed by atoms with Crippen LogP contribution in [0, 0.1) is 11.6 Å². The number of halogens is 2. The highest BCUT2D eigenvalue weighted by Crippen LogP contribution is 2.36. The van der Waals surface area contributed by atoms with Gasteiger partial charge in [-0.3, -0.25) is 14.4 Å². The van der Waals surface area contributed by atoms with E-state index in [1.165, 1.54) is 6.92 Å². The first-order chi connectivity index (χ1) is 18.2. The summed E-state index contributed by atoms with van der Waals surface area (Å²) in [5, 5.41) is 5.45. The molecule has 3 aromatic rings. The largest absolute Gasteiger partial charge is 0.344 e. The number of carbonyl (C=O) groups excluding carboxylic acids is 3. The van der Waals surface area contributed by atoms with Crippen molar-refractivity contribution in [3.8, 4) is 0 Å². The van der Waals surface area contributed by atoms with E-state index in [-0.39, 0.29) is 29.9 Å². The maximum absolute atomic E-state index is 13.8. The Morgan fingerprint density at radius 2 is 1.50 bits per heavy atom. The Morgan fingerprint density at radius 3 is 2.11 bits per heavy atom.